The average Bonchev–Trinajstić information content (AvgIpc) is 3.12. The number of rotatable bonds is 6. The molecule has 148 valence electrons. The lowest BCUT2D eigenvalue weighted by Gasteiger charge is -2.35. The molecule has 3 heterocycles. The highest BCUT2D eigenvalue weighted by Crippen LogP contribution is 2.21. The Bertz CT molecular complexity index is 1010. The van der Waals surface area contributed by atoms with Crippen LogP contribution in [0.3, 0.4) is 0 Å². The fraction of sp³-hybridized carbons (Fsp3) is 0.474. The Morgan fingerprint density at radius 1 is 1.21 bits per heavy atom. The van der Waals surface area contributed by atoms with E-state index in [4.69, 9.17) is 9.26 Å². The molecule has 1 saturated heterocycles. The predicted octanol–water partition coefficient (Wildman–Crippen LogP) is 1.06. The first-order valence-electron chi connectivity index (χ1n) is 9.38. The van der Waals surface area contributed by atoms with Crippen LogP contribution in [0, 0.1) is 6.92 Å². The topological polar surface area (TPSA) is 89.5 Å². The highest BCUT2D eigenvalue weighted by atomic mass is 16.5. The third-order valence-corrected chi connectivity index (χ3v) is 5.01. The molecule has 1 aliphatic rings. The Kier molecular flexibility index (Phi) is 5.36. The Morgan fingerprint density at radius 2 is 2.04 bits per heavy atom. The fourth-order valence-corrected chi connectivity index (χ4v) is 3.45. The number of nitrogens with zero attached hydrogens (tertiary/aromatic N) is 6. The molecule has 0 bridgehead atoms. The number of fused-ring (bicyclic) bond motifs is 1. The maximum absolute atomic E-state index is 12.6. The number of methoxy groups -OCH3 is 1. The van der Waals surface area contributed by atoms with E-state index in [1.54, 1.807) is 18.0 Å². The first-order chi connectivity index (χ1) is 13.6. The smallest absolute Gasteiger partial charge is 0.261 e. The van der Waals surface area contributed by atoms with Gasteiger partial charge in [0.25, 0.3) is 5.56 Å². The quantitative estimate of drug-likeness (QED) is 0.623. The molecule has 0 amide bonds. The lowest BCUT2D eigenvalue weighted by molar-refractivity contribution is 0.186. The van der Waals surface area contributed by atoms with E-state index in [0.29, 0.717) is 36.8 Å². The number of hydrogen-bond donors (Lipinski definition) is 0. The molecule has 9 heteroatoms. The SMILES string of the molecule is COCCn1cnc2cc(N3CCN(Cc4nc(C)no4)CC3)ccc2c1=O. The third-order valence-electron chi connectivity index (χ3n) is 5.01. The number of anilines is 1. The summed E-state index contributed by atoms with van der Waals surface area (Å²) in [6.07, 6.45) is 1.60. The summed E-state index contributed by atoms with van der Waals surface area (Å²) in [5, 5.41) is 4.47. The van der Waals surface area contributed by atoms with Gasteiger partial charge in [-0.15, -0.1) is 0 Å². The molecule has 0 N–H and O–H groups in total. The van der Waals surface area contributed by atoms with Crippen molar-refractivity contribution in [3.8, 4) is 0 Å². The lowest BCUT2D eigenvalue weighted by Crippen LogP contribution is -2.46. The minimum atomic E-state index is -0.0340. The van der Waals surface area contributed by atoms with Crippen LogP contribution in [0.15, 0.2) is 33.8 Å². The highest BCUT2D eigenvalue weighted by Gasteiger charge is 2.19. The van der Waals surface area contributed by atoms with Crippen LogP contribution in [0.4, 0.5) is 5.69 Å². The maximum Gasteiger partial charge on any atom is 0.261 e. The van der Waals surface area contributed by atoms with Gasteiger partial charge in [0, 0.05) is 39.0 Å². The van der Waals surface area contributed by atoms with Crippen molar-refractivity contribution < 1.29 is 9.26 Å². The predicted molar refractivity (Wildman–Crippen MR) is 104 cm³/mol. The Morgan fingerprint density at radius 3 is 2.75 bits per heavy atom. The molecule has 4 rings (SSSR count). The molecule has 1 aliphatic heterocycles. The molecule has 2 aromatic heterocycles. The minimum Gasteiger partial charge on any atom is -0.383 e. The van der Waals surface area contributed by atoms with Gasteiger partial charge in [-0.1, -0.05) is 5.16 Å². The molecule has 1 aromatic carbocycles. The summed E-state index contributed by atoms with van der Waals surface area (Å²) in [5.74, 6) is 1.32. The van der Waals surface area contributed by atoms with Gasteiger partial charge >= 0.3 is 0 Å². The molecule has 0 radical (unpaired) electrons. The molecule has 3 aromatic rings. The van der Waals surface area contributed by atoms with Crippen molar-refractivity contribution in [3.63, 3.8) is 0 Å². The Labute approximate surface area is 162 Å². The van der Waals surface area contributed by atoms with Crippen LogP contribution in [0.25, 0.3) is 10.9 Å². The normalized spacial score (nSPS) is 15.4. The van der Waals surface area contributed by atoms with Gasteiger partial charge in [-0.2, -0.15) is 4.98 Å². The van der Waals surface area contributed by atoms with Crippen molar-refractivity contribution in [2.75, 3.05) is 44.8 Å². The van der Waals surface area contributed by atoms with Crippen LogP contribution >= 0.6 is 0 Å². The number of benzene rings is 1. The minimum absolute atomic E-state index is 0.0340. The number of hydrogen-bond acceptors (Lipinski definition) is 8. The molecule has 0 unspecified atom stereocenters. The van der Waals surface area contributed by atoms with Crippen molar-refractivity contribution in [1.29, 1.82) is 0 Å². The second-order valence-electron chi connectivity index (χ2n) is 6.94. The molecular weight excluding hydrogens is 360 g/mol. The van der Waals surface area contributed by atoms with Gasteiger partial charge in [0.1, 0.15) is 0 Å². The van der Waals surface area contributed by atoms with E-state index in [2.05, 4.69) is 24.9 Å². The number of piperazine rings is 1. The lowest BCUT2D eigenvalue weighted by atomic mass is 10.2. The van der Waals surface area contributed by atoms with E-state index in [0.717, 1.165) is 37.4 Å². The van der Waals surface area contributed by atoms with Gasteiger partial charge in [-0.25, -0.2) is 4.98 Å². The summed E-state index contributed by atoms with van der Waals surface area (Å²) in [7, 11) is 1.62. The van der Waals surface area contributed by atoms with Gasteiger partial charge in [-0.3, -0.25) is 14.3 Å². The van der Waals surface area contributed by atoms with Crippen LogP contribution in [0.1, 0.15) is 11.7 Å². The Balaban J connectivity index is 1.44. The van der Waals surface area contributed by atoms with Crippen molar-refractivity contribution in [3.05, 3.63) is 46.6 Å². The van der Waals surface area contributed by atoms with Crippen molar-refractivity contribution >= 4 is 16.6 Å². The van der Waals surface area contributed by atoms with Crippen LogP contribution in [-0.2, 0) is 17.8 Å². The van der Waals surface area contributed by atoms with Crippen LogP contribution in [0.5, 0.6) is 0 Å². The Hall–Kier alpha value is -2.78. The van der Waals surface area contributed by atoms with E-state index >= 15 is 0 Å². The van der Waals surface area contributed by atoms with Crippen molar-refractivity contribution in [1.82, 2.24) is 24.6 Å². The largest absolute Gasteiger partial charge is 0.383 e. The monoisotopic (exact) mass is 384 g/mol. The van der Waals surface area contributed by atoms with Gasteiger partial charge < -0.3 is 14.2 Å². The number of ether oxygens (including phenoxy) is 1. The van der Waals surface area contributed by atoms with Crippen LogP contribution in [-0.4, -0.2) is 64.5 Å². The summed E-state index contributed by atoms with van der Waals surface area (Å²) in [4.78, 5) is 25.9. The highest BCUT2D eigenvalue weighted by molar-refractivity contribution is 5.81. The molecule has 1 fully saturated rings. The maximum atomic E-state index is 12.6. The standard InChI is InChI=1S/C19H24N6O3/c1-14-21-18(28-22-14)12-23-5-7-24(8-6-23)15-3-4-16-17(11-15)20-13-25(19(16)26)9-10-27-2/h3-4,11,13H,5-10,12H2,1-2H3. The summed E-state index contributed by atoms with van der Waals surface area (Å²) >= 11 is 0. The zero-order chi connectivity index (χ0) is 19.5. The van der Waals surface area contributed by atoms with E-state index in [1.807, 2.05) is 25.1 Å². The second kappa shape index (κ2) is 8.07. The third kappa shape index (κ3) is 3.90. The number of aromatic nitrogens is 4. The number of aryl methyl sites for hydroxylation is 1. The van der Waals surface area contributed by atoms with Gasteiger partial charge in [0.15, 0.2) is 5.82 Å². The fourth-order valence-electron chi connectivity index (χ4n) is 3.45. The van der Waals surface area contributed by atoms with Gasteiger partial charge in [0.2, 0.25) is 5.89 Å². The first kappa shape index (κ1) is 18.6. The van der Waals surface area contributed by atoms with Crippen molar-refractivity contribution in [2.45, 2.75) is 20.0 Å². The molecule has 0 aliphatic carbocycles. The summed E-state index contributed by atoms with van der Waals surface area (Å²) in [6, 6.07) is 5.87. The van der Waals surface area contributed by atoms with Gasteiger partial charge in [0.05, 0.1) is 36.9 Å². The zero-order valence-electron chi connectivity index (χ0n) is 16.2. The first-order valence-corrected chi connectivity index (χ1v) is 9.38. The second-order valence-corrected chi connectivity index (χ2v) is 6.94. The summed E-state index contributed by atoms with van der Waals surface area (Å²) in [5.41, 5.74) is 1.77. The molecule has 0 saturated carbocycles. The molecule has 0 spiro atoms. The van der Waals surface area contributed by atoms with Crippen molar-refractivity contribution in [2.24, 2.45) is 0 Å². The van der Waals surface area contributed by atoms with E-state index in [1.165, 1.54) is 0 Å². The zero-order valence-corrected chi connectivity index (χ0v) is 16.2. The summed E-state index contributed by atoms with van der Waals surface area (Å²) in [6.45, 7) is 7.09. The van der Waals surface area contributed by atoms with Gasteiger partial charge in [-0.05, 0) is 25.1 Å². The van der Waals surface area contributed by atoms with E-state index in [9.17, 15) is 4.79 Å². The molecule has 9 nitrogen and oxygen atoms in total. The average molecular weight is 384 g/mol. The summed E-state index contributed by atoms with van der Waals surface area (Å²) < 4.78 is 11.8. The molecular formula is C19H24N6O3. The van der Waals surface area contributed by atoms with E-state index < -0.39 is 0 Å². The molecule has 28 heavy (non-hydrogen) atoms. The van der Waals surface area contributed by atoms with Crippen LogP contribution < -0.4 is 10.5 Å². The van der Waals surface area contributed by atoms with E-state index in [-0.39, 0.29) is 5.56 Å². The molecule has 0 atom stereocenters. The van der Waals surface area contributed by atoms with Crippen LogP contribution in [0.2, 0.25) is 0 Å².